The first-order valence-corrected chi connectivity index (χ1v) is 13.7. The van der Waals surface area contributed by atoms with Crippen molar-refractivity contribution in [1.29, 1.82) is 0 Å². The van der Waals surface area contributed by atoms with E-state index in [1.165, 1.54) is 20.8 Å². The minimum atomic E-state index is -0.873. The highest BCUT2D eigenvalue weighted by Crippen LogP contribution is 2.80. The summed E-state index contributed by atoms with van der Waals surface area (Å²) in [5, 5.41) is 0. The molecule has 10 heteroatoms. The number of hydrogen-bond donors (Lipinski definition) is 0. The summed E-state index contributed by atoms with van der Waals surface area (Å²) in [5.41, 5.74) is -1.75. The molecule has 0 aromatic rings. The standard InChI is InChI=1S/C28H39NO9/c1-13(30)36-19-7-8-27-17-9-16-20(17)28(38-15(3)32,10-18(34-5)22(16)37-14(2)31)21-23(35-6)24(27)26(19,12-33-4)11-29-25(21)27/h11,16-25H,7-10,12H2,1-6H3/t16?,17-,18-,19-,20+,21+,22-,23+,24-,25?,26+,27-,28-/m1/s1. The van der Waals surface area contributed by atoms with Crippen LogP contribution in [0.4, 0.5) is 0 Å². The van der Waals surface area contributed by atoms with Crippen molar-refractivity contribution < 1.29 is 42.8 Å². The monoisotopic (exact) mass is 533 g/mol. The molecule has 6 aliphatic rings. The van der Waals surface area contributed by atoms with E-state index in [-0.39, 0.29) is 71.2 Å². The third-order valence-electron chi connectivity index (χ3n) is 11.1. The highest BCUT2D eigenvalue weighted by Gasteiger charge is 2.86. The first kappa shape index (κ1) is 26.2. The van der Waals surface area contributed by atoms with Crippen LogP contribution in [0.15, 0.2) is 4.99 Å². The minimum Gasteiger partial charge on any atom is -0.461 e. The van der Waals surface area contributed by atoms with Gasteiger partial charge in [-0.3, -0.25) is 19.4 Å². The topological polar surface area (TPSA) is 119 Å². The number of methoxy groups -OCH3 is 3. The lowest BCUT2D eigenvalue weighted by atomic mass is 9.35. The maximum absolute atomic E-state index is 12.8. The van der Waals surface area contributed by atoms with Gasteiger partial charge in [0.05, 0.1) is 30.3 Å². The second kappa shape index (κ2) is 8.73. The van der Waals surface area contributed by atoms with Crippen LogP contribution in [0.3, 0.4) is 0 Å². The van der Waals surface area contributed by atoms with Crippen molar-refractivity contribution in [3.63, 3.8) is 0 Å². The molecule has 5 bridgehead atoms. The smallest absolute Gasteiger partial charge is 0.303 e. The lowest BCUT2D eigenvalue weighted by molar-refractivity contribution is -0.303. The van der Waals surface area contributed by atoms with Crippen LogP contribution in [0, 0.1) is 40.4 Å². The first-order chi connectivity index (χ1) is 18.1. The number of fused-ring (bicyclic) bond motifs is 1. The van der Waals surface area contributed by atoms with Crippen LogP contribution in [-0.2, 0) is 42.8 Å². The molecule has 0 aromatic carbocycles. The number of rotatable bonds is 7. The van der Waals surface area contributed by atoms with Gasteiger partial charge in [0.15, 0.2) is 0 Å². The molecule has 1 aliphatic heterocycles. The van der Waals surface area contributed by atoms with Crippen LogP contribution in [-0.4, -0.2) is 88.1 Å². The summed E-state index contributed by atoms with van der Waals surface area (Å²) in [6, 6.07) is -0.106. The predicted octanol–water partition coefficient (Wildman–Crippen LogP) is 1.96. The minimum absolute atomic E-state index is 0.00459. The van der Waals surface area contributed by atoms with Gasteiger partial charge in [0.25, 0.3) is 0 Å². The highest BCUT2D eigenvalue weighted by atomic mass is 16.6. The summed E-state index contributed by atoms with van der Waals surface area (Å²) in [5.74, 6) is -1.09. The van der Waals surface area contributed by atoms with Crippen LogP contribution < -0.4 is 0 Å². The molecule has 5 aliphatic carbocycles. The molecule has 2 unspecified atom stereocenters. The third kappa shape index (κ3) is 3.05. The fraction of sp³-hybridized carbons (Fsp3) is 0.857. The lowest BCUT2D eigenvalue weighted by Crippen LogP contribution is -2.77. The van der Waals surface area contributed by atoms with Crippen molar-refractivity contribution in [3.8, 4) is 0 Å². The zero-order chi connectivity index (χ0) is 27.2. The Bertz CT molecular complexity index is 1060. The molecule has 13 atom stereocenters. The van der Waals surface area contributed by atoms with Crippen molar-refractivity contribution in [2.45, 2.75) is 82.5 Å². The van der Waals surface area contributed by atoms with Gasteiger partial charge in [0, 0.05) is 83.8 Å². The van der Waals surface area contributed by atoms with Crippen molar-refractivity contribution in [1.82, 2.24) is 0 Å². The Kier molecular flexibility index (Phi) is 6.02. The van der Waals surface area contributed by atoms with E-state index in [0.717, 1.165) is 12.8 Å². The molecule has 5 saturated carbocycles. The molecular weight excluding hydrogens is 494 g/mol. The van der Waals surface area contributed by atoms with E-state index in [0.29, 0.717) is 19.4 Å². The van der Waals surface area contributed by atoms with Gasteiger partial charge in [-0.2, -0.15) is 0 Å². The fourth-order valence-corrected chi connectivity index (χ4v) is 10.6. The summed E-state index contributed by atoms with van der Waals surface area (Å²) in [7, 11) is 5.00. The van der Waals surface area contributed by atoms with Crippen LogP contribution in [0.5, 0.6) is 0 Å². The predicted molar refractivity (Wildman–Crippen MR) is 132 cm³/mol. The van der Waals surface area contributed by atoms with Gasteiger partial charge in [-0.1, -0.05) is 0 Å². The molecule has 0 saturated heterocycles. The van der Waals surface area contributed by atoms with Crippen molar-refractivity contribution in [2.24, 2.45) is 45.4 Å². The van der Waals surface area contributed by atoms with Crippen molar-refractivity contribution in [3.05, 3.63) is 0 Å². The highest BCUT2D eigenvalue weighted by molar-refractivity contribution is 5.74. The van der Waals surface area contributed by atoms with Gasteiger partial charge >= 0.3 is 17.9 Å². The van der Waals surface area contributed by atoms with Crippen LogP contribution >= 0.6 is 0 Å². The first-order valence-electron chi connectivity index (χ1n) is 13.7. The van der Waals surface area contributed by atoms with Gasteiger partial charge in [0.1, 0.15) is 17.8 Å². The molecular formula is C28H39NO9. The number of nitrogens with zero attached hydrogens (tertiary/aromatic N) is 1. The molecule has 0 aromatic heterocycles. The summed E-state index contributed by atoms with van der Waals surface area (Å²) < 4.78 is 36.4. The molecule has 6 rings (SSSR count). The second-order valence-electron chi connectivity index (χ2n) is 12.4. The Labute approximate surface area is 223 Å². The van der Waals surface area contributed by atoms with Gasteiger partial charge in [-0.25, -0.2) is 0 Å². The summed E-state index contributed by atoms with van der Waals surface area (Å²) in [6.07, 6.45) is 3.22. The number of aliphatic imine (C=N–C) groups is 1. The zero-order valence-electron chi connectivity index (χ0n) is 23.0. The average Bonchev–Trinajstić information content (AvgIpc) is 2.95. The molecule has 10 nitrogen and oxygen atoms in total. The summed E-state index contributed by atoms with van der Waals surface area (Å²) in [6.45, 7) is 4.67. The van der Waals surface area contributed by atoms with Crippen molar-refractivity contribution in [2.75, 3.05) is 27.9 Å². The van der Waals surface area contributed by atoms with Gasteiger partial charge in [-0.15, -0.1) is 0 Å². The molecule has 0 radical (unpaired) electrons. The summed E-state index contributed by atoms with van der Waals surface area (Å²) >= 11 is 0. The Morgan fingerprint density at radius 2 is 1.68 bits per heavy atom. The van der Waals surface area contributed by atoms with Crippen LogP contribution in [0.25, 0.3) is 0 Å². The number of hydrogen-bond acceptors (Lipinski definition) is 10. The third-order valence-corrected chi connectivity index (χ3v) is 11.1. The average molecular weight is 534 g/mol. The van der Waals surface area contributed by atoms with Crippen molar-refractivity contribution >= 4 is 24.1 Å². The second-order valence-corrected chi connectivity index (χ2v) is 12.4. The largest absolute Gasteiger partial charge is 0.461 e. The van der Waals surface area contributed by atoms with E-state index in [9.17, 15) is 14.4 Å². The molecule has 5 fully saturated rings. The SMILES string of the molecule is COC[C@]12C=NC3[C@@H]4[C@H](OC)[C@H]1[C@@]3(CC[C@H]2OC(C)=O)[C@@H]1CC2[C@@H](OC(C)=O)[C@H](OC)C[C@@]4(OC(C)=O)[C@@H]21. The number of carbonyl (C=O) groups is 3. The quantitative estimate of drug-likeness (QED) is 0.357. The molecule has 38 heavy (non-hydrogen) atoms. The normalized spacial score (nSPS) is 50.9. The Morgan fingerprint density at radius 3 is 2.29 bits per heavy atom. The van der Waals surface area contributed by atoms with Gasteiger partial charge < -0.3 is 28.4 Å². The molecule has 0 amide bonds. The number of esters is 3. The lowest BCUT2D eigenvalue weighted by Gasteiger charge is -2.72. The van der Waals surface area contributed by atoms with E-state index in [2.05, 4.69) is 0 Å². The number of ether oxygens (including phenoxy) is 6. The van der Waals surface area contributed by atoms with E-state index in [1.807, 2.05) is 6.21 Å². The van der Waals surface area contributed by atoms with E-state index in [4.69, 9.17) is 33.4 Å². The molecule has 0 N–H and O–H groups in total. The summed E-state index contributed by atoms with van der Waals surface area (Å²) in [4.78, 5) is 42.3. The van der Waals surface area contributed by atoms with Crippen LogP contribution in [0.1, 0.15) is 46.5 Å². The molecule has 210 valence electrons. The van der Waals surface area contributed by atoms with Gasteiger partial charge in [-0.05, 0) is 25.2 Å². The fourth-order valence-electron chi connectivity index (χ4n) is 10.6. The molecule has 1 heterocycles. The Morgan fingerprint density at radius 1 is 0.947 bits per heavy atom. The van der Waals surface area contributed by atoms with Crippen LogP contribution in [0.2, 0.25) is 0 Å². The zero-order valence-corrected chi connectivity index (χ0v) is 23.0. The Balaban J connectivity index is 1.53. The van der Waals surface area contributed by atoms with Gasteiger partial charge in [0.2, 0.25) is 0 Å². The Hall–Kier alpha value is -2.04. The molecule has 1 spiro atoms. The number of carbonyl (C=O) groups excluding carboxylic acids is 3. The van der Waals surface area contributed by atoms with E-state index in [1.54, 1.807) is 21.3 Å². The van der Waals surface area contributed by atoms with E-state index >= 15 is 0 Å². The maximum atomic E-state index is 12.8. The maximum Gasteiger partial charge on any atom is 0.303 e. The van der Waals surface area contributed by atoms with E-state index < -0.39 is 23.2 Å².